The number of rotatable bonds is 4. The van der Waals surface area contributed by atoms with E-state index in [0.29, 0.717) is 18.4 Å². The van der Waals surface area contributed by atoms with Gasteiger partial charge in [-0.3, -0.25) is 0 Å². The van der Waals surface area contributed by atoms with E-state index in [9.17, 15) is 0 Å². The molecule has 21 heavy (non-hydrogen) atoms. The molecule has 1 aliphatic carbocycles. The second kappa shape index (κ2) is 4.76. The van der Waals surface area contributed by atoms with Gasteiger partial charge in [-0.25, -0.2) is 19.6 Å². The number of fused-ring (bicyclic) bond motifs is 1. The summed E-state index contributed by atoms with van der Waals surface area (Å²) in [6.07, 6.45) is 8.83. The van der Waals surface area contributed by atoms with Crippen LogP contribution in [0, 0.1) is 0 Å². The van der Waals surface area contributed by atoms with Crippen LogP contribution in [-0.4, -0.2) is 36.3 Å². The third-order valence-corrected chi connectivity index (χ3v) is 3.52. The smallest absolute Gasteiger partial charge is 0.243 e. The molecule has 0 atom stereocenters. The molecule has 0 unspecified atom stereocenters. The van der Waals surface area contributed by atoms with Crippen LogP contribution >= 0.6 is 0 Å². The highest BCUT2D eigenvalue weighted by molar-refractivity contribution is 5.75. The fraction of sp³-hybridized carbons (Fsp3) is 0.357. The molecule has 7 heteroatoms. The molecule has 3 aromatic rings. The highest BCUT2D eigenvalue weighted by Gasteiger charge is 2.31. The standard InChI is InChI=1S/C14H14N6O/c1-2-21-14-13(12(9-3-4-9)17-8-18-14)20-11-6-15-7-16-10(11)5-19-20/h5-9H,2-4H2,1H3. The summed E-state index contributed by atoms with van der Waals surface area (Å²) in [6.45, 7) is 2.48. The van der Waals surface area contributed by atoms with Gasteiger partial charge in [-0.2, -0.15) is 10.1 Å². The summed E-state index contributed by atoms with van der Waals surface area (Å²) in [7, 11) is 0. The Bertz CT molecular complexity index is 795. The molecule has 3 heterocycles. The van der Waals surface area contributed by atoms with Crippen molar-refractivity contribution in [2.24, 2.45) is 0 Å². The zero-order valence-electron chi connectivity index (χ0n) is 11.6. The van der Waals surface area contributed by atoms with Crippen molar-refractivity contribution in [2.75, 3.05) is 6.61 Å². The van der Waals surface area contributed by atoms with Crippen molar-refractivity contribution >= 4 is 11.0 Å². The molecule has 0 saturated heterocycles. The lowest BCUT2D eigenvalue weighted by Crippen LogP contribution is -2.09. The summed E-state index contributed by atoms with van der Waals surface area (Å²) < 4.78 is 7.46. The van der Waals surface area contributed by atoms with Crippen molar-refractivity contribution < 1.29 is 4.74 Å². The third kappa shape index (κ3) is 2.01. The maximum Gasteiger partial charge on any atom is 0.243 e. The zero-order valence-corrected chi connectivity index (χ0v) is 11.6. The molecule has 3 aromatic heterocycles. The minimum Gasteiger partial charge on any atom is -0.476 e. The summed E-state index contributed by atoms with van der Waals surface area (Å²) in [5, 5.41) is 4.43. The maximum atomic E-state index is 5.68. The summed E-state index contributed by atoms with van der Waals surface area (Å²) in [5.41, 5.74) is 3.42. The molecule has 1 fully saturated rings. The quantitative estimate of drug-likeness (QED) is 0.727. The summed E-state index contributed by atoms with van der Waals surface area (Å²) in [4.78, 5) is 17.0. The molecule has 0 N–H and O–H groups in total. The lowest BCUT2D eigenvalue weighted by atomic mass is 10.2. The molecule has 106 valence electrons. The van der Waals surface area contributed by atoms with Gasteiger partial charge in [-0.1, -0.05) is 0 Å². The van der Waals surface area contributed by atoms with Gasteiger partial charge in [0.25, 0.3) is 0 Å². The van der Waals surface area contributed by atoms with Gasteiger partial charge < -0.3 is 4.74 Å². The second-order valence-electron chi connectivity index (χ2n) is 4.97. The minimum absolute atomic E-state index is 0.464. The first-order valence-corrected chi connectivity index (χ1v) is 7.00. The fourth-order valence-corrected chi connectivity index (χ4v) is 2.42. The largest absolute Gasteiger partial charge is 0.476 e. The molecule has 0 bridgehead atoms. The van der Waals surface area contributed by atoms with Gasteiger partial charge in [-0.05, 0) is 19.8 Å². The van der Waals surface area contributed by atoms with Gasteiger partial charge in [0.2, 0.25) is 5.88 Å². The van der Waals surface area contributed by atoms with Crippen LogP contribution in [0.4, 0.5) is 0 Å². The van der Waals surface area contributed by atoms with Gasteiger partial charge in [0, 0.05) is 5.92 Å². The van der Waals surface area contributed by atoms with Crippen molar-refractivity contribution in [3.63, 3.8) is 0 Å². The van der Waals surface area contributed by atoms with Crippen LogP contribution in [-0.2, 0) is 0 Å². The summed E-state index contributed by atoms with van der Waals surface area (Å²) in [5.74, 6) is 1.02. The zero-order chi connectivity index (χ0) is 14.2. The van der Waals surface area contributed by atoms with Gasteiger partial charge in [0.1, 0.15) is 29.4 Å². The SMILES string of the molecule is CCOc1ncnc(C2CC2)c1-n1ncc2ncncc21. The van der Waals surface area contributed by atoms with Crippen LogP contribution in [0.2, 0.25) is 0 Å². The van der Waals surface area contributed by atoms with Crippen LogP contribution in [0.1, 0.15) is 31.4 Å². The maximum absolute atomic E-state index is 5.68. The molecule has 0 amide bonds. The first-order valence-electron chi connectivity index (χ1n) is 7.00. The Morgan fingerprint density at radius 2 is 2.10 bits per heavy atom. The molecule has 7 nitrogen and oxygen atoms in total. The minimum atomic E-state index is 0.464. The molecule has 0 aromatic carbocycles. The first kappa shape index (κ1) is 12.2. The molecule has 0 radical (unpaired) electrons. The Balaban J connectivity index is 1.97. The molecule has 1 saturated carbocycles. The van der Waals surface area contributed by atoms with Gasteiger partial charge in [-0.15, -0.1) is 0 Å². The van der Waals surface area contributed by atoms with E-state index >= 15 is 0 Å². The molecular formula is C14H14N6O. The van der Waals surface area contributed by atoms with Crippen LogP contribution in [0.25, 0.3) is 16.7 Å². The van der Waals surface area contributed by atoms with Crippen LogP contribution in [0.3, 0.4) is 0 Å². The van der Waals surface area contributed by atoms with Crippen molar-refractivity contribution in [3.8, 4) is 11.6 Å². The van der Waals surface area contributed by atoms with E-state index in [1.54, 1.807) is 23.4 Å². The van der Waals surface area contributed by atoms with Crippen LogP contribution in [0.15, 0.2) is 25.0 Å². The van der Waals surface area contributed by atoms with E-state index in [-0.39, 0.29) is 0 Å². The number of hydrogen-bond donors (Lipinski definition) is 0. The third-order valence-electron chi connectivity index (χ3n) is 3.52. The second-order valence-corrected chi connectivity index (χ2v) is 4.97. The van der Waals surface area contributed by atoms with E-state index in [1.165, 1.54) is 6.33 Å². The lowest BCUT2D eigenvalue weighted by Gasteiger charge is -2.13. The molecular weight excluding hydrogens is 268 g/mol. The van der Waals surface area contributed by atoms with Gasteiger partial charge >= 0.3 is 0 Å². The Hall–Kier alpha value is -2.57. The van der Waals surface area contributed by atoms with Crippen molar-refractivity contribution in [3.05, 3.63) is 30.7 Å². The summed E-state index contributed by atoms with van der Waals surface area (Å²) in [6, 6.07) is 0. The fourth-order valence-electron chi connectivity index (χ4n) is 2.42. The number of ether oxygens (including phenoxy) is 1. The van der Waals surface area contributed by atoms with Crippen molar-refractivity contribution in [1.29, 1.82) is 0 Å². The molecule has 0 spiro atoms. The Kier molecular flexibility index (Phi) is 2.77. The number of aromatic nitrogens is 6. The highest BCUT2D eigenvalue weighted by Crippen LogP contribution is 2.43. The van der Waals surface area contributed by atoms with Crippen molar-refractivity contribution in [1.82, 2.24) is 29.7 Å². The van der Waals surface area contributed by atoms with E-state index in [4.69, 9.17) is 4.74 Å². The van der Waals surface area contributed by atoms with Gasteiger partial charge in [0.05, 0.1) is 24.7 Å². The monoisotopic (exact) mass is 282 g/mol. The van der Waals surface area contributed by atoms with Gasteiger partial charge in [0.15, 0.2) is 0 Å². The Labute approximate surface area is 121 Å². The molecule has 1 aliphatic rings. The normalized spacial score (nSPS) is 14.5. The van der Waals surface area contributed by atoms with Crippen molar-refractivity contribution in [2.45, 2.75) is 25.7 Å². The topological polar surface area (TPSA) is 78.6 Å². The molecule has 0 aliphatic heterocycles. The van der Waals surface area contributed by atoms with E-state index < -0.39 is 0 Å². The van der Waals surface area contributed by atoms with E-state index in [0.717, 1.165) is 35.3 Å². The lowest BCUT2D eigenvalue weighted by molar-refractivity contribution is 0.323. The Morgan fingerprint density at radius 3 is 2.90 bits per heavy atom. The predicted octanol–water partition coefficient (Wildman–Crippen LogP) is 1.88. The molecule has 4 rings (SSSR count). The van der Waals surface area contributed by atoms with E-state index in [2.05, 4.69) is 25.0 Å². The van der Waals surface area contributed by atoms with Crippen LogP contribution in [0.5, 0.6) is 5.88 Å². The average molecular weight is 282 g/mol. The van der Waals surface area contributed by atoms with E-state index in [1.807, 2.05) is 6.92 Å². The number of hydrogen-bond acceptors (Lipinski definition) is 6. The van der Waals surface area contributed by atoms with Crippen LogP contribution < -0.4 is 4.74 Å². The highest BCUT2D eigenvalue weighted by atomic mass is 16.5. The average Bonchev–Trinajstić information content (AvgIpc) is 3.28. The predicted molar refractivity (Wildman–Crippen MR) is 75.4 cm³/mol. The Morgan fingerprint density at radius 1 is 1.19 bits per heavy atom. The first-order chi connectivity index (χ1) is 10.4. The summed E-state index contributed by atoms with van der Waals surface area (Å²) >= 11 is 0. The number of nitrogens with zero attached hydrogens (tertiary/aromatic N) is 6.